The zero-order valence-electron chi connectivity index (χ0n) is 14.1. The first-order valence-electron chi connectivity index (χ1n) is 7.84. The van der Waals surface area contributed by atoms with Crippen molar-refractivity contribution in [1.82, 2.24) is 14.1 Å². The van der Waals surface area contributed by atoms with E-state index in [2.05, 4.69) is 4.98 Å². The lowest BCUT2D eigenvalue weighted by Crippen LogP contribution is -2.43. The number of anilines is 1. The maximum atomic E-state index is 12.7. The van der Waals surface area contributed by atoms with Gasteiger partial charge in [-0.1, -0.05) is 23.7 Å². The average Bonchev–Trinajstić information content (AvgIpc) is 2.67. The van der Waals surface area contributed by atoms with Gasteiger partial charge < -0.3 is 5.11 Å². The van der Waals surface area contributed by atoms with Gasteiger partial charge in [-0.15, -0.1) is 0 Å². The molecule has 9 nitrogen and oxygen atoms in total. The number of hydrogen-bond acceptors (Lipinski definition) is 5. The highest BCUT2D eigenvalue weighted by molar-refractivity contribution is 6.37. The molecule has 0 saturated heterocycles. The van der Waals surface area contributed by atoms with E-state index in [4.69, 9.17) is 28.5 Å². The Kier molecular flexibility index (Phi) is 5.48. The number of aliphatic carboxylic acids is 1. The molecule has 3 rings (SSSR count). The Morgan fingerprint density at radius 2 is 1.82 bits per heavy atom. The van der Waals surface area contributed by atoms with Gasteiger partial charge in [-0.05, 0) is 18.2 Å². The summed E-state index contributed by atoms with van der Waals surface area (Å²) in [6.07, 6.45) is 1.36. The van der Waals surface area contributed by atoms with Gasteiger partial charge in [0.15, 0.2) is 0 Å². The lowest BCUT2D eigenvalue weighted by molar-refractivity contribution is -0.137. The molecule has 1 aromatic carbocycles. The van der Waals surface area contributed by atoms with Crippen LogP contribution in [0, 0.1) is 0 Å². The van der Waals surface area contributed by atoms with Gasteiger partial charge in [0.1, 0.15) is 18.2 Å². The van der Waals surface area contributed by atoms with Gasteiger partial charge in [0.05, 0.1) is 16.6 Å². The summed E-state index contributed by atoms with van der Waals surface area (Å²) in [4.78, 5) is 52.6. The van der Waals surface area contributed by atoms with E-state index in [9.17, 15) is 19.2 Å². The predicted molar refractivity (Wildman–Crippen MR) is 103 cm³/mol. The van der Waals surface area contributed by atoms with E-state index >= 15 is 0 Å². The van der Waals surface area contributed by atoms with Crippen molar-refractivity contribution in [2.45, 2.75) is 13.1 Å². The molecule has 1 N–H and O–H groups in total. The molecule has 2 heterocycles. The summed E-state index contributed by atoms with van der Waals surface area (Å²) in [5.41, 5.74) is -1.26. The smallest absolute Gasteiger partial charge is 0.332 e. The second-order valence-electron chi connectivity index (χ2n) is 5.68. The first kappa shape index (κ1) is 19.6. The van der Waals surface area contributed by atoms with Crippen LogP contribution in [0.1, 0.15) is 0 Å². The third-order valence-corrected chi connectivity index (χ3v) is 4.47. The van der Waals surface area contributed by atoms with E-state index in [0.717, 1.165) is 8.99 Å². The molecule has 0 aliphatic carbocycles. The Morgan fingerprint density at radius 1 is 1.11 bits per heavy atom. The second-order valence-corrected chi connectivity index (χ2v) is 6.41. The monoisotopic (exact) mass is 422 g/mol. The Balaban J connectivity index is 2.09. The zero-order valence-corrected chi connectivity index (χ0v) is 15.6. The van der Waals surface area contributed by atoms with E-state index in [1.165, 1.54) is 30.5 Å². The molecule has 28 heavy (non-hydrogen) atoms. The van der Waals surface area contributed by atoms with E-state index in [1.807, 2.05) is 0 Å². The topological polar surface area (TPSA) is 114 Å². The molecule has 1 amide bonds. The first-order chi connectivity index (χ1) is 13.3. The van der Waals surface area contributed by atoms with Crippen molar-refractivity contribution in [2.24, 2.45) is 0 Å². The number of carbonyl (C=O) groups is 2. The fraction of sp³-hybridized carbons (Fsp3) is 0.118. The highest BCUT2D eigenvalue weighted by Crippen LogP contribution is 2.20. The number of carbonyl (C=O) groups excluding carboxylic acids is 1. The van der Waals surface area contributed by atoms with Crippen molar-refractivity contribution < 1.29 is 14.7 Å². The highest BCUT2D eigenvalue weighted by Gasteiger charge is 2.20. The van der Waals surface area contributed by atoms with E-state index in [1.54, 1.807) is 12.1 Å². The van der Waals surface area contributed by atoms with Gasteiger partial charge in [-0.3, -0.25) is 19.0 Å². The summed E-state index contributed by atoms with van der Waals surface area (Å²) in [5.74, 6) is -2.06. The third-order valence-electron chi connectivity index (χ3n) is 3.87. The first-order valence-corrected chi connectivity index (χ1v) is 8.55. The second kappa shape index (κ2) is 7.83. The van der Waals surface area contributed by atoms with Crippen molar-refractivity contribution in [1.29, 1.82) is 0 Å². The number of hydrogen-bond donors (Lipinski definition) is 1. The van der Waals surface area contributed by atoms with E-state index in [0.29, 0.717) is 4.57 Å². The van der Waals surface area contributed by atoms with Crippen LogP contribution in [0.25, 0.3) is 10.9 Å². The average molecular weight is 423 g/mol. The summed E-state index contributed by atoms with van der Waals surface area (Å²) in [7, 11) is 0. The molecular weight excluding hydrogens is 411 g/mol. The maximum Gasteiger partial charge on any atom is 0.332 e. The minimum absolute atomic E-state index is 0.101. The number of nitrogens with zero attached hydrogens (tertiary/aromatic N) is 4. The van der Waals surface area contributed by atoms with Crippen molar-refractivity contribution in [3.8, 4) is 0 Å². The van der Waals surface area contributed by atoms with Crippen molar-refractivity contribution in [3.63, 3.8) is 0 Å². The Morgan fingerprint density at radius 3 is 2.50 bits per heavy atom. The van der Waals surface area contributed by atoms with Gasteiger partial charge in [0.25, 0.3) is 11.5 Å². The third kappa shape index (κ3) is 3.75. The molecule has 2 aromatic heterocycles. The molecule has 0 spiro atoms. The summed E-state index contributed by atoms with van der Waals surface area (Å²) >= 11 is 11.8. The van der Waals surface area contributed by atoms with Crippen LogP contribution in [-0.4, -0.2) is 31.1 Å². The molecule has 0 unspecified atom stereocenters. The molecule has 11 heteroatoms. The Bertz CT molecular complexity index is 1200. The molecule has 0 fully saturated rings. The largest absolute Gasteiger partial charge is 0.480 e. The van der Waals surface area contributed by atoms with Crippen LogP contribution in [-0.2, 0) is 22.7 Å². The minimum Gasteiger partial charge on any atom is -0.480 e. The molecular formula is C17H12Cl2N4O5. The Hall–Kier alpha value is -3.17. The highest BCUT2D eigenvalue weighted by atomic mass is 35.5. The number of para-hydroxylation sites is 1. The van der Waals surface area contributed by atoms with Gasteiger partial charge in [-0.2, -0.15) is 0 Å². The summed E-state index contributed by atoms with van der Waals surface area (Å²) in [5, 5.41) is 9.22. The van der Waals surface area contributed by atoms with Crippen LogP contribution in [0.2, 0.25) is 5.15 Å². The lowest BCUT2D eigenvalue weighted by atomic mass is 10.2. The minimum atomic E-state index is -1.36. The molecule has 144 valence electrons. The van der Waals surface area contributed by atoms with Gasteiger partial charge in [-0.25, -0.2) is 18.8 Å². The van der Waals surface area contributed by atoms with Crippen LogP contribution in [0.3, 0.4) is 0 Å². The number of aromatic nitrogens is 3. The number of carboxylic acids is 1. The summed E-state index contributed by atoms with van der Waals surface area (Å²) in [6, 6.07) is 8.89. The number of carboxylic acid groups (broad SMARTS) is 1. The lowest BCUT2D eigenvalue weighted by Gasteiger charge is -2.17. The van der Waals surface area contributed by atoms with Gasteiger partial charge in [0, 0.05) is 24.0 Å². The van der Waals surface area contributed by atoms with Gasteiger partial charge >= 0.3 is 11.7 Å². The van der Waals surface area contributed by atoms with Crippen LogP contribution in [0.15, 0.2) is 52.2 Å². The number of rotatable bonds is 5. The number of amides is 1. The molecule has 0 aliphatic heterocycles. The number of fused-ring (bicyclic) bond motifs is 1. The van der Waals surface area contributed by atoms with Crippen molar-refractivity contribution >= 4 is 51.8 Å². The molecule has 0 aliphatic rings. The normalized spacial score (nSPS) is 10.8. The fourth-order valence-electron chi connectivity index (χ4n) is 2.65. The number of pyridine rings is 1. The Labute approximate surface area is 167 Å². The van der Waals surface area contributed by atoms with E-state index < -0.39 is 36.2 Å². The molecule has 3 aromatic rings. The molecule has 0 saturated carbocycles. The van der Waals surface area contributed by atoms with Crippen LogP contribution in [0.5, 0.6) is 0 Å². The predicted octanol–water partition coefficient (Wildman–Crippen LogP) is 1.48. The van der Waals surface area contributed by atoms with Crippen molar-refractivity contribution in [2.75, 3.05) is 4.42 Å². The van der Waals surface area contributed by atoms with E-state index in [-0.39, 0.29) is 21.7 Å². The van der Waals surface area contributed by atoms with Crippen molar-refractivity contribution in [3.05, 3.63) is 68.6 Å². The number of benzene rings is 1. The maximum absolute atomic E-state index is 12.7. The van der Waals surface area contributed by atoms with Crippen LogP contribution >= 0.6 is 23.4 Å². The molecule has 0 bridgehead atoms. The zero-order chi connectivity index (χ0) is 20.4. The molecule has 0 radical (unpaired) electrons. The fourth-order valence-corrected chi connectivity index (χ4v) is 2.98. The van der Waals surface area contributed by atoms with Gasteiger partial charge in [0.2, 0.25) is 0 Å². The molecule has 0 atom stereocenters. The standard InChI is InChI=1S/C17H12Cl2N4O5/c18-13-7-10(5-6-20-13)23(19)14(24)8-21-12-4-2-1-3-11(12)16(27)22(17(21)28)9-15(25)26/h1-7H,8-9H2,(H,25,26). The quantitative estimate of drug-likeness (QED) is 0.491. The van der Waals surface area contributed by atoms with Crippen LogP contribution in [0.4, 0.5) is 5.69 Å². The SMILES string of the molecule is O=C(O)Cn1c(=O)c2ccccc2n(CC(=O)N(Cl)c2ccnc(Cl)c2)c1=O. The van der Waals surface area contributed by atoms with Crippen LogP contribution < -0.4 is 15.7 Å². The summed E-state index contributed by atoms with van der Waals surface area (Å²) < 4.78 is 2.32. The number of halogens is 2. The summed E-state index contributed by atoms with van der Waals surface area (Å²) in [6.45, 7) is -1.36.